The maximum Gasteiger partial charge on any atom is 0.522 e. The average Bonchev–Trinajstić information content (AvgIpc) is 2.74. The molecular weight excluding hydrogens is 447 g/mol. The average molecular weight is 463 g/mol. The summed E-state index contributed by atoms with van der Waals surface area (Å²) in [6.45, 7) is 0. The van der Waals surface area contributed by atoms with Gasteiger partial charge in [-0.2, -0.15) is 21.6 Å². The molecule has 0 saturated carbocycles. The smallest absolute Gasteiger partial charge is 0.506 e. The molecular formula is C21H16F3N3O4S. The third kappa shape index (κ3) is 5.71. The van der Waals surface area contributed by atoms with Gasteiger partial charge in [0.2, 0.25) is 5.95 Å². The molecule has 3 aromatic carbocycles. The first-order chi connectivity index (χ1) is 15.0. The number of benzene rings is 3. The number of nitrogens with one attached hydrogen (secondary N) is 1. The van der Waals surface area contributed by atoms with Gasteiger partial charge in [-0.25, -0.2) is 9.97 Å². The molecule has 4 rings (SSSR count). The van der Waals surface area contributed by atoms with Crippen molar-refractivity contribution in [3.05, 3.63) is 79.0 Å². The Hall–Kier alpha value is -3.70. The van der Waals surface area contributed by atoms with E-state index in [0.717, 1.165) is 22.2 Å². The zero-order chi connectivity index (χ0) is 23.4. The molecule has 0 fully saturated rings. The summed E-state index contributed by atoms with van der Waals surface area (Å²) in [5.74, 6) is 0.598. The molecule has 1 aromatic heterocycles. The maximum absolute atomic E-state index is 10.7. The molecule has 0 aliphatic heterocycles. The molecule has 0 aliphatic rings. The fourth-order valence-corrected chi connectivity index (χ4v) is 2.63. The number of nitrogens with zero attached hydrogens (tertiary/aromatic N) is 2. The van der Waals surface area contributed by atoms with E-state index in [2.05, 4.69) is 15.3 Å². The van der Waals surface area contributed by atoms with Crippen LogP contribution in [0.1, 0.15) is 0 Å². The summed E-state index contributed by atoms with van der Waals surface area (Å²) < 4.78 is 57.5. The van der Waals surface area contributed by atoms with E-state index in [1.54, 1.807) is 12.3 Å². The largest absolute Gasteiger partial charge is 0.522 e. The lowest BCUT2D eigenvalue weighted by Crippen LogP contribution is -2.21. The molecule has 32 heavy (non-hydrogen) atoms. The van der Waals surface area contributed by atoms with Crippen LogP contribution in [0.15, 0.2) is 79.0 Å². The Balaban J connectivity index is 0.000000312. The molecule has 0 spiro atoms. The number of rotatable bonds is 3. The molecule has 4 aromatic rings. The van der Waals surface area contributed by atoms with E-state index < -0.39 is 15.6 Å². The van der Waals surface area contributed by atoms with Crippen molar-refractivity contribution >= 4 is 32.7 Å². The van der Waals surface area contributed by atoms with Crippen LogP contribution in [0.2, 0.25) is 0 Å². The first-order valence-electron chi connectivity index (χ1n) is 8.95. The minimum absolute atomic E-state index is 0.143. The van der Waals surface area contributed by atoms with Crippen LogP contribution in [-0.2, 0) is 10.1 Å². The second kappa shape index (κ2) is 9.20. The molecule has 11 heteroatoms. The number of phenols is 1. The molecule has 166 valence electrons. The number of alkyl halides is 3. The molecule has 0 radical (unpaired) electrons. The van der Waals surface area contributed by atoms with Crippen LogP contribution in [0.3, 0.4) is 0 Å². The Kier molecular flexibility index (Phi) is 6.61. The van der Waals surface area contributed by atoms with E-state index in [9.17, 15) is 18.3 Å². The summed E-state index contributed by atoms with van der Waals surface area (Å²) >= 11 is 0. The number of hydrogen-bond donors (Lipinski definition) is 3. The second-order valence-corrected chi connectivity index (χ2v) is 7.82. The van der Waals surface area contributed by atoms with Gasteiger partial charge in [-0.05, 0) is 35.4 Å². The van der Waals surface area contributed by atoms with Crippen molar-refractivity contribution in [1.82, 2.24) is 9.97 Å². The van der Waals surface area contributed by atoms with E-state index in [4.69, 9.17) is 13.0 Å². The Morgan fingerprint density at radius 3 is 2.00 bits per heavy atom. The first kappa shape index (κ1) is 23.0. The summed E-state index contributed by atoms with van der Waals surface area (Å²) in [7, 11) is -5.84. The summed E-state index contributed by atoms with van der Waals surface area (Å²) in [5.41, 5.74) is -2.12. The highest BCUT2D eigenvalue weighted by atomic mass is 32.2. The third-order valence-electron chi connectivity index (χ3n) is 4.09. The van der Waals surface area contributed by atoms with Gasteiger partial charge in [0.15, 0.2) is 0 Å². The lowest BCUT2D eigenvalue weighted by Gasteiger charge is -2.08. The molecule has 3 N–H and O–H groups in total. The number of aromatic hydroxyl groups is 1. The zero-order valence-electron chi connectivity index (χ0n) is 16.2. The molecule has 0 atom stereocenters. The summed E-state index contributed by atoms with van der Waals surface area (Å²) in [6, 6.07) is 23.3. The monoisotopic (exact) mass is 463 g/mol. The minimum Gasteiger partial charge on any atom is -0.506 e. The highest BCUT2D eigenvalue weighted by Crippen LogP contribution is 2.31. The highest BCUT2D eigenvalue weighted by molar-refractivity contribution is 7.86. The minimum atomic E-state index is -5.84. The normalized spacial score (nSPS) is 11.5. The van der Waals surface area contributed by atoms with Crippen LogP contribution >= 0.6 is 0 Å². The fourth-order valence-electron chi connectivity index (χ4n) is 2.63. The number of hydrogen-bond acceptors (Lipinski definition) is 6. The number of halogens is 3. The van der Waals surface area contributed by atoms with Gasteiger partial charge < -0.3 is 10.4 Å². The number of fused-ring (bicyclic) bond motifs is 1. The predicted molar refractivity (Wildman–Crippen MR) is 114 cm³/mol. The lowest BCUT2D eigenvalue weighted by atomic mass is 10.0. The Bertz CT molecular complexity index is 1320. The molecule has 7 nitrogen and oxygen atoms in total. The van der Waals surface area contributed by atoms with Gasteiger partial charge in [0.05, 0.1) is 0 Å². The Morgan fingerprint density at radius 1 is 0.875 bits per heavy atom. The van der Waals surface area contributed by atoms with Crippen LogP contribution in [0.5, 0.6) is 5.75 Å². The standard InChI is InChI=1S/C20H15N3O.CHF3O3S/c24-18-12-15(14-7-3-1-4-8-14)11-16-13-21-20(23-19(16)18)22-17-9-5-2-6-10-17;2-1(3,4)8(5,6)7/h1-13,24H,(H,21,22,23);(H,5,6,7). The van der Waals surface area contributed by atoms with Crippen LogP contribution in [0.4, 0.5) is 24.8 Å². The SMILES string of the molecule is O=S(=O)(O)C(F)(F)F.Oc1cc(-c2ccccc2)cc2cnc(Nc3ccccc3)nc12. The predicted octanol–water partition coefficient (Wildman–Crippen LogP) is 5.14. The van der Waals surface area contributed by atoms with E-state index >= 15 is 0 Å². The fraction of sp³-hybridized carbons (Fsp3) is 0.0476. The van der Waals surface area contributed by atoms with Crippen LogP contribution in [0, 0.1) is 0 Å². The molecule has 0 amide bonds. The molecule has 0 aliphatic carbocycles. The number of anilines is 2. The van der Waals surface area contributed by atoms with E-state index in [1.807, 2.05) is 66.7 Å². The first-order valence-corrected chi connectivity index (χ1v) is 10.4. The van der Waals surface area contributed by atoms with E-state index in [1.165, 1.54) is 0 Å². The number of aromatic nitrogens is 2. The van der Waals surface area contributed by atoms with Crippen LogP contribution < -0.4 is 5.32 Å². The second-order valence-electron chi connectivity index (χ2n) is 6.40. The van der Waals surface area contributed by atoms with Gasteiger partial charge in [0, 0.05) is 17.3 Å². The quantitative estimate of drug-likeness (QED) is 0.285. The van der Waals surface area contributed by atoms with Crippen LogP contribution in [-0.4, -0.2) is 33.6 Å². The molecule has 0 unspecified atom stereocenters. The van der Waals surface area contributed by atoms with Gasteiger partial charge in [-0.1, -0.05) is 48.5 Å². The van der Waals surface area contributed by atoms with Crippen LogP contribution in [0.25, 0.3) is 22.0 Å². The van der Waals surface area contributed by atoms with Crippen molar-refractivity contribution in [2.45, 2.75) is 5.51 Å². The number of phenolic OH excluding ortho intramolecular Hbond substituents is 1. The van der Waals surface area contributed by atoms with Gasteiger partial charge in [0.1, 0.15) is 11.3 Å². The summed E-state index contributed by atoms with van der Waals surface area (Å²) in [5, 5.41) is 14.3. The number of para-hydroxylation sites is 1. The molecule has 0 saturated heterocycles. The van der Waals surface area contributed by atoms with Gasteiger partial charge >= 0.3 is 15.6 Å². The van der Waals surface area contributed by atoms with Gasteiger partial charge in [0.25, 0.3) is 0 Å². The maximum atomic E-state index is 10.7. The lowest BCUT2D eigenvalue weighted by molar-refractivity contribution is -0.0510. The Morgan fingerprint density at radius 2 is 1.44 bits per heavy atom. The summed E-state index contributed by atoms with van der Waals surface area (Å²) in [6.07, 6.45) is 1.72. The van der Waals surface area contributed by atoms with Crippen molar-refractivity contribution in [2.75, 3.05) is 5.32 Å². The van der Waals surface area contributed by atoms with E-state index in [-0.39, 0.29) is 5.75 Å². The zero-order valence-corrected chi connectivity index (χ0v) is 17.0. The van der Waals surface area contributed by atoms with Crippen molar-refractivity contribution in [2.24, 2.45) is 0 Å². The van der Waals surface area contributed by atoms with Crippen molar-refractivity contribution in [3.63, 3.8) is 0 Å². The topological polar surface area (TPSA) is 112 Å². The molecule has 0 bridgehead atoms. The summed E-state index contributed by atoms with van der Waals surface area (Å²) in [4.78, 5) is 8.78. The van der Waals surface area contributed by atoms with Crippen molar-refractivity contribution in [1.29, 1.82) is 0 Å². The van der Waals surface area contributed by atoms with Crippen molar-refractivity contribution < 1.29 is 31.2 Å². The van der Waals surface area contributed by atoms with E-state index in [0.29, 0.717) is 11.5 Å². The molecule has 1 heterocycles. The van der Waals surface area contributed by atoms with Gasteiger partial charge in [-0.3, -0.25) is 4.55 Å². The van der Waals surface area contributed by atoms with Crippen molar-refractivity contribution in [3.8, 4) is 16.9 Å². The highest BCUT2D eigenvalue weighted by Gasteiger charge is 2.44. The Labute approximate surface area is 181 Å². The van der Waals surface area contributed by atoms with Gasteiger partial charge in [-0.15, -0.1) is 0 Å². The third-order valence-corrected chi connectivity index (χ3v) is 4.68.